The predicted octanol–water partition coefficient (Wildman–Crippen LogP) is 6.86. The first-order valence-corrected chi connectivity index (χ1v) is 9.81. The monoisotopic (exact) mass is 297 g/mol. The molecular formula is C20H43N. The van der Waals surface area contributed by atoms with Gasteiger partial charge in [-0.3, -0.25) is 0 Å². The Morgan fingerprint density at radius 2 is 0.857 bits per heavy atom. The lowest BCUT2D eigenvalue weighted by atomic mass is 10.0. The minimum atomic E-state index is 0.288. The van der Waals surface area contributed by atoms with Gasteiger partial charge in [0.1, 0.15) is 0 Å². The molecule has 0 aromatic heterocycles. The molecule has 21 heavy (non-hydrogen) atoms. The second-order valence-electron chi connectivity index (χ2n) is 7.77. The Morgan fingerprint density at radius 1 is 0.524 bits per heavy atom. The molecule has 0 heterocycles. The van der Waals surface area contributed by atoms with Crippen LogP contribution in [0.15, 0.2) is 0 Å². The summed E-state index contributed by atoms with van der Waals surface area (Å²) in [6.45, 7) is 10.2. The Bertz CT molecular complexity index is 193. The SMILES string of the molecule is CCCCCCCCCCCCCCCCNC(C)(C)C. The van der Waals surface area contributed by atoms with Gasteiger partial charge in [0.15, 0.2) is 0 Å². The Morgan fingerprint density at radius 3 is 1.19 bits per heavy atom. The van der Waals surface area contributed by atoms with Crippen molar-refractivity contribution in [1.29, 1.82) is 0 Å². The number of nitrogens with one attached hydrogen (secondary N) is 1. The summed E-state index contributed by atoms with van der Waals surface area (Å²) in [5.41, 5.74) is 0.288. The molecule has 128 valence electrons. The van der Waals surface area contributed by atoms with Crippen LogP contribution in [-0.4, -0.2) is 12.1 Å². The smallest absolute Gasteiger partial charge is 0.00965 e. The van der Waals surface area contributed by atoms with Gasteiger partial charge in [0.05, 0.1) is 0 Å². The van der Waals surface area contributed by atoms with E-state index in [0.717, 1.165) is 0 Å². The third kappa shape index (κ3) is 20.0. The predicted molar refractivity (Wildman–Crippen MR) is 98.1 cm³/mol. The highest BCUT2D eigenvalue weighted by atomic mass is 14.9. The fraction of sp³-hybridized carbons (Fsp3) is 1.00. The third-order valence-electron chi connectivity index (χ3n) is 4.19. The Balaban J connectivity index is 3.00. The van der Waals surface area contributed by atoms with Crippen molar-refractivity contribution in [3.63, 3.8) is 0 Å². The molecule has 0 atom stereocenters. The molecule has 1 N–H and O–H groups in total. The van der Waals surface area contributed by atoms with Crippen molar-refractivity contribution in [2.75, 3.05) is 6.54 Å². The summed E-state index contributed by atoms with van der Waals surface area (Å²) in [6.07, 6.45) is 20.2. The topological polar surface area (TPSA) is 12.0 Å². The van der Waals surface area contributed by atoms with Crippen LogP contribution in [0.25, 0.3) is 0 Å². The van der Waals surface area contributed by atoms with Crippen LogP contribution in [0.4, 0.5) is 0 Å². The summed E-state index contributed by atoms with van der Waals surface area (Å²) in [4.78, 5) is 0. The lowest BCUT2D eigenvalue weighted by Crippen LogP contribution is -2.36. The Kier molecular flexibility index (Phi) is 14.9. The van der Waals surface area contributed by atoms with Crippen molar-refractivity contribution in [2.24, 2.45) is 0 Å². The van der Waals surface area contributed by atoms with E-state index in [0.29, 0.717) is 0 Å². The summed E-state index contributed by atoms with van der Waals surface area (Å²) in [5.74, 6) is 0. The number of hydrogen-bond acceptors (Lipinski definition) is 1. The summed E-state index contributed by atoms with van der Waals surface area (Å²) < 4.78 is 0. The highest BCUT2D eigenvalue weighted by Crippen LogP contribution is 2.12. The van der Waals surface area contributed by atoms with Crippen LogP contribution in [0.1, 0.15) is 118 Å². The molecule has 0 amide bonds. The van der Waals surface area contributed by atoms with Crippen molar-refractivity contribution in [2.45, 2.75) is 123 Å². The first kappa shape index (κ1) is 21.0. The summed E-state index contributed by atoms with van der Waals surface area (Å²) >= 11 is 0. The number of unbranched alkanes of at least 4 members (excludes halogenated alkanes) is 13. The molecule has 0 spiro atoms. The second-order valence-corrected chi connectivity index (χ2v) is 7.77. The molecule has 0 aromatic carbocycles. The summed E-state index contributed by atoms with van der Waals surface area (Å²) in [6, 6.07) is 0. The third-order valence-corrected chi connectivity index (χ3v) is 4.19. The van der Waals surface area contributed by atoms with E-state index in [-0.39, 0.29) is 5.54 Å². The van der Waals surface area contributed by atoms with E-state index in [1.165, 1.54) is 96.4 Å². The van der Waals surface area contributed by atoms with E-state index in [9.17, 15) is 0 Å². The molecule has 1 nitrogen and oxygen atoms in total. The molecule has 1 heteroatoms. The van der Waals surface area contributed by atoms with Crippen molar-refractivity contribution in [3.05, 3.63) is 0 Å². The van der Waals surface area contributed by atoms with Gasteiger partial charge in [-0.25, -0.2) is 0 Å². The zero-order chi connectivity index (χ0) is 15.8. The summed E-state index contributed by atoms with van der Waals surface area (Å²) in [5, 5.41) is 3.57. The molecule has 0 fully saturated rings. The molecule has 0 aliphatic rings. The van der Waals surface area contributed by atoms with Crippen molar-refractivity contribution >= 4 is 0 Å². The van der Waals surface area contributed by atoms with Crippen molar-refractivity contribution < 1.29 is 0 Å². The van der Waals surface area contributed by atoms with Crippen LogP contribution in [-0.2, 0) is 0 Å². The van der Waals surface area contributed by atoms with Crippen LogP contribution in [0.2, 0.25) is 0 Å². The standard InChI is InChI=1S/C20H43N/c1-5-6-7-8-9-10-11-12-13-14-15-16-17-18-19-21-20(2,3)4/h21H,5-19H2,1-4H3. The lowest BCUT2D eigenvalue weighted by molar-refractivity contribution is 0.415. The second kappa shape index (κ2) is 14.9. The van der Waals surface area contributed by atoms with E-state index in [1.54, 1.807) is 0 Å². The zero-order valence-electron chi connectivity index (χ0n) is 15.6. The Hall–Kier alpha value is -0.0400. The van der Waals surface area contributed by atoms with Gasteiger partial charge in [0.25, 0.3) is 0 Å². The highest BCUT2D eigenvalue weighted by Gasteiger charge is 2.06. The zero-order valence-corrected chi connectivity index (χ0v) is 15.6. The first-order chi connectivity index (χ1) is 10.1. The fourth-order valence-electron chi connectivity index (χ4n) is 2.78. The van der Waals surface area contributed by atoms with E-state index in [4.69, 9.17) is 0 Å². The molecule has 0 radical (unpaired) electrons. The molecule has 0 aliphatic heterocycles. The molecular weight excluding hydrogens is 254 g/mol. The average Bonchev–Trinajstić information content (AvgIpc) is 2.42. The van der Waals surface area contributed by atoms with E-state index in [2.05, 4.69) is 33.0 Å². The maximum absolute atomic E-state index is 3.57. The molecule has 0 saturated carbocycles. The minimum absolute atomic E-state index is 0.288. The molecule has 0 saturated heterocycles. The van der Waals surface area contributed by atoms with Gasteiger partial charge in [-0.15, -0.1) is 0 Å². The molecule has 0 aliphatic carbocycles. The van der Waals surface area contributed by atoms with Gasteiger partial charge in [0.2, 0.25) is 0 Å². The number of hydrogen-bond donors (Lipinski definition) is 1. The van der Waals surface area contributed by atoms with Crippen LogP contribution >= 0.6 is 0 Å². The first-order valence-electron chi connectivity index (χ1n) is 9.81. The van der Waals surface area contributed by atoms with Gasteiger partial charge in [-0.1, -0.05) is 90.4 Å². The van der Waals surface area contributed by atoms with E-state index in [1.807, 2.05) is 0 Å². The lowest BCUT2D eigenvalue weighted by Gasteiger charge is -2.20. The van der Waals surface area contributed by atoms with Gasteiger partial charge in [-0.2, -0.15) is 0 Å². The van der Waals surface area contributed by atoms with Crippen LogP contribution in [0.3, 0.4) is 0 Å². The van der Waals surface area contributed by atoms with Crippen molar-refractivity contribution in [1.82, 2.24) is 5.32 Å². The van der Waals surface area contributed by atoms with Crippen LogP contribution < -0.4 is 5.32 Å². The maximum atomic E-state index is 3.57. The Labute approximate surface area is 135 Å². The van der Waals surface area contributed by atoms with Gasteiger partial charge < -0.3 is 5.32 Å². The number of rotatable bonds is 15. The van der Waals surface area contributed by atoms with E-state index >= 15 is 0 Å². The van der Waals surface area contributed by atoms with Crippen LogP contribution in [0.5, 0.6) is 0 Å². The van der Waals surface area contributed by atoms with Crippen molar-refractivity contribution in [3.8, 4) is 0 Å². The summed E-state index contributed by atoms with van der Waals surface area (Å²) in [7, 11) is 0. The van der Waals surface area contributed by atoms with Crippen LogP contribution in [0, 0.1) is 0 Å². The van der Waals surface area contributed by atoms with E-state index < -0.39 is 0 Å². The fourth-order valence-corrected chi connectivity index (χ4v) is 2.78. The minimum Gasteiger partial charge on any atom is -0.312 e. The van der Waals surface area contributed by atoms with Gasteiger partial charge >= 0.3 is 0 Å². The van der Waals surface area contributed by atoms with Gasteiger partial charge in [0, 0.05) is 5.54 Å². The maximum Gasteiger partial charge on any atom is 0.00965 e. The normalized spacial score (nSPS) is 12.0. The molecule has 0 bridgehead atoms. The molecule has 0 aromatic rings. The quantitative estimate of drug-likeness (QED) is 0.326. The largest absolute Gasteiger partial charge is 0.312 e. The van der Waals surface area contributed by atoms with Gasteiger partial charge in [-0.05, 0) is 33.7 Å². The highest BCUT2D eigenvalue weighted by molar-refractivity contribution is 4.69. The average molecular weight is 298 g/mol. The molecule has 0 rings (SSSR count). The molecule has 0 unspecified atom stereocenters.